The summed E-state index contributed by atoms with van der Waals surface area (Å²) in [6.07, 6.45) is 1.65. The van der Waals surface area contributed by atoms with Crippen LogP contribution in [0.3, 0.4) is 0 Å². The smallest absolute Gasteiger partial charge is 0.317 e. The van der Waals surface area contributed by atoms with E-state index >= 15 is 0 Å². The summed E-state index contributed by atoms with van der Waals surface area (Å²) in [5.74, 6) is -0.904. The summed E-state index contributed by atoms with van der Waals surface area (Å²) < 4.78 is 0. The summed E-state index contributed by atoms with van der Waals surface area (Å²) in [6.45, 7) is 2.95. The van der Waals surface area contributed by atoms with Gasteiger partial charge in [-0.05, 0) is 6.92 Å². The number of nitrogens with zero attached hydrogens (tertiary/aromatic N) is 2. The Balaban J connectivity index is 2.35. The number of rotatable bonds is 6. The Morgan fingerprint density at radius 2 is 2.35 bits per heavy atom. The number of aliphatic carboxylic acids is 1. The van der Waals surface area contributed by atoms with E-state index in [1.54, 1.807) is 11.7 Å². The van der Waals surface area contributed by atoms with Crippen LogP contribution in [-0.2, 0) is 11.3 Å². The number of carbonyl (C=O) groups excluding carboxylic acids is 1. The second kappa shape index (κ2) is 6.85. The molecule has 17 heavy (non-hydrogen) atoms. The van der Waals surface area contributed by atoms with Gasteiger partial charge >= 0.3 is 12.0 Å². The number of amides is 2. The number of carbonyl (C=O) groups is 2. The lowest BCUT2D eigenvalue weighted by Gasteiger charge is -2.20. The van der Waals surface area contributed by atoms with Crippen LogP contribution in [0.4, 0.5) is 4.79 Å². The molecule has 0 radical (unpaired) electrons. The zero-order chi connectivity index (χ0) is 12.7. The summed E-state index contributed by atoms with van der Waals surface area (Å²) in [7, 11) is 0. The molecule has 1 aromatic rings. The third kappa shape index (κ3) is 4.81. The Morgan fingerprint density at radius 1 is 1.59 bits per heavy atom. The van der Waals surface area contributed by atoms with Crippen molar-refractivity contribution in [2.24, 2.45) is 0 Å². The van der Waals surface area contributed by atoms with Crippen molar-refractivity contribution in [2.75, 3.05) is 13.1 Å². The first kappa shape index (κ1) is 13.4. The number of urea groups is 1. The van der Waals surface area contributed by atoms with E-state index in [2.05, 4.69) is 10.3 Å². The molecule has 0 atom stereocenters. The van der Waals surface area contributed by atoms with Gasteiger partial charge in [-0.15, -0.1) is 11.3 Å². The second-order valence-electron chi connectivity index (χ2n) is 3.35. The lowest BCUT2D eigenvalue weighted by molar-refractivity contribution is -0.137. The molecule has 0 aliphatic heterocycles. The monoisotopic (exact) mass is 257 g/mol. The second-order valence-corrected chi connectivity index (χ2v) is 4.32. The highest BCUT2D eigenvalue weighted by Crippen LogP contribution is 2.04. The first-order valence-corrected chi connectivity index (χ1v) is 6.13. The molecule has 0 unspecified atom stereocenters. The minimum atomic E-state index is -0.904. The molecule has 7 heteroatoms. The number of hydrogen-bond acceptors (Lipinski definition) is 4. The molecule has 2 N–H and O–H groups in total. The molecular formula is C10H15N3O3S. The minimum Gasteiger partial charge on any atom is -0.481 e. The van der Waals surface area contributed by atoms with Gasteiger partial charge in [-0.2, -0.15) is 0 Å². The quantitative estimate of drug-likeness (QED) is 0.800. The molecule has 1 aromatic heterocycles. The summed E-state index contributed by atoms with van der Waals surface area (Å²) in [5.41, 5.74) is 1.70. The van der Waals surface area contributed by atoms with Crippen LogP contribution in [0.5, 0.6) is 0 Å². The van der Waals surface area contributed by atoms with E-state index in [-0.39, 0.29) is 19.0 Å². The van der Waals surface area contributed by atoms with Crippen LogP contribution in [0.15, 0.2) is 11.7 Å². The highest BCUT2D eigenvalue weighted by molar-refractivity contribution is 7.09. The minimum absolute atomic E-state index is 0.0399. The molecule has 0 saturated carbocycles. The maximum Gasteiger partial charge on any atom is 0.317 e. The maximum atomic E-state index is 11.7. The van der Waals surface area contributed by atoms with Gasteiger partial charge in [0, 0.05) is 24.2 Å². The Labute approximate surface area is 103 Å². The van der Waals surface area contributed by atoms with Crippen LogP contribution in [-0.4, -0.2) is 40.1 Å². The van der Waals surface area contributed by atoms with Gasteiger partial charge < -0.3 is 15.3 Å². The fraction of sp³-hybridized carbons (Fsp3) is 0.500. The fourth-order valence-electron chi connectivity index (χ4n) is 1.24. The molecule has 0 bridgehead atoms. The molecule has 0 saturated heterocycles. The van der Waals surface area contributed by atoms with Crippen molar-refractivity contribution in [1.29, 1.82) is 0 Å². The van der Waals surface area contributed by atoms with Crippen LogP contribution in [0.2, 0.25) is 0 Å². The number of thiazole rings is 1. The molecular weight excluding hydrogens is 242 g/mol. The van der Waals surface area contributed by atoms with Crippen molar-refractivity contribution >= 4 is 23.3 Å². The fourth-order valence-corrected chi connectivity index (χ4v) is 1.77. The van der Waals surface area contributed by atoms with E-state index in [9.17, 15) is 9.59 Å². The van der Waals surface area contributed by atoms with Gasteiger partial charge in [0.15, 0.2) is 0 Å². The lowest BCUT2D eigenvalue weighted by atomic mass is 10.4. The van der Waals surface area contributed by atoms with E-state index in [0.29, 0.717) is 13.1 Å². The molecule has 0 aliphatic carbocycles. The van der Waals surface area contributed by atoms with E-state index in [1.165, 1.54) is 16.2 Å². The predicted octanol–water partition coefficient (Wildman–Crippen LogP) is 1.15. The third-order valence-corrected chi connectivity index (χ3v) is 2.94. The molecule has 6 nitrogen and oxygen atoms in total. The summed E-state index contributed by atoms with van der Waals surface area (Å²) >= 11 is 1.46. The van der Waals surface area contributed by atoms with Gasteiger partial charge in [0.2, 0.25) is 0 Å². The Morgan fingerprint density at radius 3 is 2.88 bits per heavy atom. The summed E-state index contributed by atoms with van der Waals surface area (Å²) in [4.78, 5) is 28.4. The van der Waals surface area contributed by atoms with Gasteiger partial charge in [-0.3, -0.25) is 9.78 Å². The maximum absolute atomic E-state index is 11.7. The van der Waals surface area contributed by atoms with Gasteiger partial charge in [0.05, 0.1) is 18.5 Å². The Bertz CT molecular complexity index is 367. The molecule has 1 heterocycles. The number of hydrogen-bond donors (Lipinski definition) is 2. The average Bonchev–Trinajstić information content (AvgIpc) is 2.79. The Kier molecular flexibility index (Phi) is 5.41. The van der Waals surface area contributed by atoms with E-state index in [4.69, 9.17) is 5.11 Å². The highest BCUT2D eigenvalue weighted by Gasteiger charge is 2.12. The van der Waals surface area contributed by atoms with Crippen molar-refractivity contribution in [3.05, 3.63) is 16.6 Å². The molecule has 0 fully saturated rings. The lowest BCUT2D eigenvalue weighted by Crippen LogP contribution is -2.40. The molecule has 94 valence electrons. The number of aromatic nitrogens is 1. The van der Waals surface area contributed by atoms with Gasteiger partial charge in [-0.25, -0.2) is 4.79 Å². The van der Waals surface area contributed by atoms with Crippen molar-refractivity contribution in [2.45, 2.75) is 19.9 Å². The first-order valence-electron chi connectivity index (χ1n) is 5.25. The zero-order valence-electron chi connectivity index (χ0n) is 9.55. The highest BCUT2D eigenvalue weighted by atomic mass is 32.1. The Hall–Kier alpha value is -1.63. The van der Waals surface area contributed by atoms with Crippen LogP contribution >= 0.6 is 11.3 Å². The third-order valence-electron chi connectivity index (χ3n) is 2.16. The molecule has 0 aliphatic rings. The standard InChI is InChI=1S/C10H15N3O3S/c1-2-13(4-3-9(14)15)10(16)12-6-8-5-11-7-17-8/h5,7H,2-4,6H2,1H3,(H,12,16)(H,14,15). The number of carboxylic acid groups (broad SMARTS) is 1. The van der Waals surface area contributed by atoms with Crippen LogP contribution < -0.4 is 5.32 Å². The molecule has 2 amide bonds. The van der Waals surface area contributed by atoms with Crippen LogP contribution in [0.25, 0.3) is 0 Å². The van der Waals surface area contributed by atoms with Crippen molar-refractivity contribution in [1.82, 2.24) is 15.2 Å². The zero-order valence-corrected chi connectivity index (χ0v) is 10.4. The number of nitrogens with one attached hydrogen (secondary N) is 1. The van der Waals surface area contributed by atoms with Crippen molar-refractivity contribution in [3.8, 4) is 0 Å². The number of carboxylic acids is 1. The van der Waals surface area contributed by atoms with Gasteiger partial charge in [-0.1, -0.05) is 0 Å². The normalized spacial score (nSPS) is 9.94. The topological polar surface area (TPSA) is 82.5 Å². The molecule has 0 spiro atoms. The van der Waals surface area contributed by atoms with Gasteiger partial charge in [0.1, 0.15) is 0 Å². The largest absolute Gasteiger partial charge is 0.481 e. The van der Waals surface area contributed by atoms with E-state index < -0.39 is 5.97 Å². The summed E-state index contributed by atoms with van der Waals surface area (Å²) in [5, 5.41) is 11.3. The van der Waals surface area contributed by atoms with Crippen molar-refractivity contribution in [3.63, 3.8) is 0 Å². The summed E-state index contributed by atoms with van der Waals surface area (Å²) in [6, 6.07) is -0.248. The van der Waals surface area contributed by atoms with Crippen LogP contribution in [0.1, 0.15) is 18.2 Å². The predicted molar refractivity (Wildman–Crippen MR) is 63.8 cm³/mol. The van der Waals surface area contributed by atoms with Gasteiger partial charge in [0.25, 0.3) is 0 Å². The van der Waals surface area contributed by atoms with Crippen LogP contribution in [0, 0.1) is 0 Å². The molecule has 0 aromatic carbocycles. The van der Waals surface area contributed by atoms with E-state index in [0.717, 1.165) is 4.88 Å². The molecule has 1 rings (SSSR count). The first-order chi connectivity index (χ1) is 8.13. The SMILES string of the molecule is CCN(CCC(=O)O)C(=O)NCc1cncs1. The van der Waals surface area contributed by atoms with Crippen molar-refractivity contribution < 1.29 is 14.7 Å². The average molecular weight is 257 g/mol. The van der Waals surface area contributed by atoms with E-state index in [1.807, 2.05) is 6.92 Å².